The Morgan fingerprint density at radius 1 is 1.32 bits per heavy atom. The van der Waals surface area contributed by atoms with Crippen LogP contribution in [-0.4, -0.2) is 44.4 Å². The van der Waals surface area contributed by atoms with Crippen molar-refractivity contribution in [1.82, 2.24) is 10.2 Å². The van der Waals surface area contributed by atoms with Crippen molar-refractivity contribution < 1.29 is 9.47 Å². The van der Waals surface area contributed by atoms with Gasteiger partial charge in [-0.1, -0.05) is 6.07 Å². The fraction of sp³-hybridized carbons (Fsp3) is 0.600. The molecule has 2 aliphatic rings. The molecule has 0 bridgehead atoms. The lowest BCUT2D eigenvalue weighted by molar-refractivity contribution is 0.174. The number of benzene rings is 1. The second-order valence-corrected chi connectivity index (χ2v) is 5.49. The van der Waals surface area contributed by atoms with Gasteiger partial charge in [-0.2, -0.15) is 0 Å². The highest BCUT2D eigenvalue weighted by Gasteiger charge is 2.16. The first-order valence-corrected chi connectivity index (χ1v) is 7.12. The second kappa shape index (κ2) is 5.80. The molecule has 1 N–H and O–H groups in total. The molecule has 0 spiro atoms. The summed E-state index contributed by atoms with van der Waals surface area (Å²) >= 11 is 0. The largest absolute Gasteiger partial charge is 0.454 e. The summed E-state index contributed by atoms with van der Waals surface area (Å²) in [7, 11) is 2.20. The molecule has 0 aromatic heterocycles. The zero-order chi connectivity index (χ0) is 13.1. The lowest BCUT2D eigenvalue weighted by atomic mass is 10.1. The molecular weight excluding hydrogens is 240 g/mol. The van der Waals surface area contributed by atoms with Gasteiger partial charge in [0.25, 0.3) is 0 Å². The van der Waals surface area contributed by atoms with E-state index in [0.29, 0.717) is 12.8 Å². The maximum atomic E-state index is 5.41. The van der Waals surface area contributed by atoms with Gasteiger partial charge >= 0.3 is 0 Å². The minimum atomic E-state index is 0.353. The van der Waals surface area contributed by atoms with Gasteiger partial charge in [0.15, 0.2) is 11.5 Å². The molecule has 1 aromatic carbocycles. The topological polar surface area (TPSA) is 33.7 Å². The number of rotatable bonds is 5. The summed E-state index contributed by atoms with van der Waals surface area (Å²) in [5.41, 5.74) is 1.32. The quantitative estimate of drug-likeness (QED) is 0.874. The van der Waals surface area contributed by atoms with Gasteiger partial charge < -0.3 is 19.7 Å². The Balaban J connectivity index is 1.48. The molecule has 1 fully saturated rings. The summed E-state index contributed by atoms with van der Waals surface area (Å²) in [5, 5.41) is 3.54. The molecule has 2 aliphatic heterocycles. The third-order valence-corrected chi connectivity index (χ3v) is 3.91. The van der Waals surface area contributed by atoms with E-state index in [0.717, 1.165) is 31.0 Å². The Morgan fingerprint density at radius 3 is 3.05 bits per heavy atom. The zero-order valence-electron chi connectivity index (χ0n) is 11.5. The average Bonchev–Trinajstić information content (AvgIpc) is 3.06. The number of hydrogen-bond acceptors (Lipinski definition) is 4. The Kier molecular flexibility index (Phi) is 3.89. The van der Waals surface area contributed by atoms with E-state index in [1.54, 1.807) is 0 Å². The second-order valence-electron chi connectivity index (χ2n) is 5.49. The molecule has 0 saturated carbocycles. The predicted octanol–water partition coefficient (Wildman–Crippen LogP) is 1.64. The van der Waals surface area contributed by atoms with E-state index in [2.05, 4.69) is 29.4 Å². The lowest BCUT2D eigenvalue weighted by Gasteiger charge is -2.21. The van der Waals surface area contributed by atoms with Gasteiger partial charge in [0.1, 0.15) is 0 Å². The van der Waals surface area contributed by atoms with Gasteiger partial charge in [-0.25, -0.2) is 0 Å². The number of ether oxygens (including phenoxy) is 2. The van der Waals surface area contributed by atoms with Crippen LogP contribution in [-0.2, 0) is 6.42 Å². The van der Waals surface area contributed by atoms with Crippen LogP contribution >= 0.6 is 0 Å². The van der Waals surface area contributed by atoms with Gasteiger partial charge in [-0.05, 0) is 50.6 Å². The lowest BCUT2D eigenvalue weighted by Crippen LogP contribution is -2.36. The first-order chi connectivity index (χ1) is 9.31. The van der Waals surface area contributed by atoms with Crippen molar-refractivity contribution in [1.29, 1.82) is 0 Å². The van der Waals surface area contributed by atoms with Crippen LogP contribution in [0.5, 0.6) is 11.5 Å². The molecular formula is C15H22N2O2. The van der Waals surface area contributed by atoms with Crippen molar-refractivity contribution >= 4 is 0 Å². The third-order valence-electron chi connectivity index (χ3n) is 3.91. The Hall–Kier alpha value is -1.26. The first-order valence-electron chi connectivity index (χ1n) is 7.12. The summed E-state index contributed by atoms with van der Waals surface area (Å²) in [6.45, 7) is 3.76. The minimum absolute atomic E-state index is 0.353. The maximum Gasteiger partial charge on any atom is 0.231 e. The smallest absolute Gasteiger partial charge is 0.231 e. The van der Waals surface area contributed by atoms with Crippen LogP contribution in [0, 0.1) is 0 Å². The fourth-order valence-corrected chi connectivity index (χ4v) is 2.80. The molecule has 1 saturated heterocycles. The molecule has 3 rings (SSSR count). The van der Waals surface area contributed by atoms with Crippen molar-refractivity contribution in [3.8, 4) is 11.5 Å². The maximum absolute atomic E-state index is 5.41. The summed E-state index contributed by atoms with van der Waals surface area (Å²) in [6.07, 6.45) is 3.69. The highest BCUT2D eigenvalue weighted by atomic mass is 16.7. The number of hydrogen-bond donors (Lipinski definition) is 1. The first kappa shape index (κ1) is 12.8. The third kappa shape index (κ3) is 3.19. The van der Waals surface area contributed by atoms with Crippen molar-refractivity contribution in [2.45, 2.75) is 25.3 Å². The van der Waals surface area contributed by atoms with Crippen molar-refractivity contribution in [2.75, 3.05) is 33.5 Å². The fourth-order valence-electron chi connectivity index (χ4n) is 2.80. The Bertz CT molecular complexity index is 430. The van der Waals surface area contributed by atoms with E-state index in [9.17, 15) is 0 Å². The van der Waals surface area contributed by atoms with Gasteiger partial charge in [-0.3, -0.25) is 0 Å². The molecule has 19 heavy (non-hydrogen) atoms. The summed E-state index contributed by atoms with van der Waals surface area (Å²) < 4.78 is 10.7. The molecule has 0 amide bonds. The minimum Gasteiger partial charge on any atom is -0.454 e. The van der Waals surface area contributed by atoms with Gasteiger partial charge in [0, 0.05) is 19.1 Å². The molecule has 1 atom stereocenters. The van der Waals surface area contributed by atoms with Crippen LogP contribution in [0.15, 0.2) is 18.2 Å². The van der Waals surface area contributed by atoms with Gasteiger partial charge in [0.2, 0.25) is 6.79 Å². The molecule has 0 radical (unpaired) electrons. The van der Waals surface area contributed by atoms with Crippen LogP contribution in [0.4, 0.5) is 0 Å². The summed E-state index contributed by atoms with van der Waals surface area (Å²) in [4.78, 5) is 2.41. The van der Waals surface area contributed by atoms with Crippen LogP contribution in [0.1, 0.15) is 18.4 Å². The van der Waals surface area contributed by atoms with Crippen LogP contribution in [0.25, 0.3) is 0 Å². The van der Waals surface area contributed by atoms with E-state index in [-0.39, 0.29) is 0 Å². The van der Waals surface area contributed by atoms with Gasteiger partial charge in [0.05, 0.1) is 0 Å². The molecule has 0 aliphatic carbocycles. The van der Waals surface area contributed by atoms with Gasteiger partial charge in [-0.15, -0.1) is 0 Å². The predicted molar refractivity (Wildman–Crippen MR) is 74.8 cm³/mol. The molecule has 2 heterocycles. The van der Waals surface area contributed by atoms with Crippen LogP contribution in [0.2, 0.25) is 0 Å². The molecule has 4 heteroatoms. The van der Waals surface area contributed by atoms with Crippen molar-refractivity contribution in [2.24, 2.45) is 0 Å². The Morgan fingerprint density at radius 2 is 2.21 bits per heavy atom. The number of nitrogens with zero attached hydrogens (tertiary/aromatic N) is 1. The normalized spacial score (nSPS) is 21.3. The van der Waals surface area contributed by atoms with E-state index in [1.807, 2.05) is 6.07 Å². The Labute approximate surface area is 114 Å². The molecule has 4 nitrogen and oxygen atoms in total. The number of likely N-dealkylation sites (N-methyl/N-ethyl adjacent to an activating group) is 1. The molecule has 1 unspecified atom stereocenters. The van der Waals surface area contributed by atoms with E-state index in [1.165, 1.54) is 24.9 Å². The SMILES string of the molecule is CN(CCc1ccc2c(c1)OCO2)CC1CCCN1. The summed E-state index contributed by atoms with van der Waals surface area (Å²) in [6, 6.07) is 6.93. The van der Waals surface area contributed by atoms with Crippen LogP contribution < -0.4 is 14.8 Å². The monoisotopic (exact) mass is 262 g/mol. The summed E-state index contributed by atoms with van der Waals surface area (Å²) in [5.74, 6) is 1.75. The van der Waals surface area contributed by atoms with Crippen molar-refractivity contribution in [3.63, 3.8) is 0 Å². The number of nitrogens with one attached hydrogen (secondary N) is 1. The standard InChI is InChI=1S/C15H22N2O2/c1-17(10-13-3-2-7-16-13)8-6-12-4-5-14-15(9-12)19-11-18-14/h4-5,9,13,16H,2-3,6-8,10-11H2,1H3. The zero-order valence-corrected chi connectivity index (χ0v) is 11.5. The highest BCUT2D eigenvalue weighted by Crippen LogP contribution is 2.32. The van der Waals surface area contributed by atoms with E-state index >= 15 is 0 Å². The van der Waals surface area contributed by atoms with Crippen LogP contribution in [0.3, 0.4) is 0 Å². The van der Waals surface area contributed by atoms with E-state index < -0.39 is 0 Å². The van der Waals surface area contributed by atoms with E-state index in [4.69, 9.17) is 9.47 Å². The molecule has 104 valence electrons. The molecule has 1 aromatic rings. The van der Waals surface area contributed by atoms with Crippen molar-refractivity contribution in [3.05, 3.63) is 23.8 Å². The average molecular weight is 262 g/mol. The number of fused-ring (bicyclic) bond motifs is 1. The highest BCUT2D eigenvalue weighted by molar-refractivity contribution is 5.44.